The van der Waals surface area contributed by atoms with E-state index >= 15 is 0 Å². The molecule has 1 saturated heterocycles. The van der Waals surface area contributed by atoms with Gasteiger partial charge in [0, 0.05) is 30.9 Å². The van der Waals surface area contributed by atoms with Gasteiger partial charge in [-0.15, -0.1) is 0 Å². The first-order chi connectivity index (χ1) is 13.5. The summed E-state index contributed by atoms with van der Waals surface area (Å²) in [7, 11) is 0. The summed E-state index contributed by atoms with van der Waals surface area (Å²) in [5, 5.41) is 0. The van der Waals surface area contributed by atoms with Gasteiger partial charge in [0.2, 0.25) is 5.91 Å². The second kappa shape index (κ2) is 7.71. The number of nitrogens with zero attached hydrogens (tertiary/aromatic N) is 3. The maximum absolute atomic E-state index is 13.0. The molecule has 4 rings (SSSR count). The highest BCUT2D eigenvalue weighted by Crippen LogP contribution is 2.32. The van der Waals surface area contributed by atoms with Crippen LogP contribution in [-0.2, 0) is 22.4 Å². The molecule has 2 aromatic rings. The van der Waals surface area contributed by atoms with Gasteiger partial charge >= 0.3 is 0 Å². The van der Waals surface area contributed by atoms with Gasteiger partial charge in [0.25, 0.3) is 5.56 Å². The van der Waals surface area contributed by atoms with Crippen LogP contribution in [0.4, 0.5) is 15.9 Å². The van der Waals surface area contributed by atoms with E-state index < -0.39 is 12.8 Å². The Morgan fingerprint density at radius 3 is 3.04 bits per heavy atom. The molecule has 2 atom stereocenters. The number of fused-ring (bicyclic) bond motifs is 1. The topological polar surface area (TPSA) is 78.5 Å². The minimum atomic E-state index is -0.586. The number of halogens is 1. The number of ether oxygens (including phenoxy) is 1. The number of carbonyl (C=O) groups excluding carboxylic acids is 1. The minimum Gasteiger partial charge on any atom is -0.372 e. The highest BCUT2D eigenvalue weighted by Gasteiger charge is 2.31. The first-order valence-corrected chi connectivity index (χ1v) is 9.48. The van der Waals surface area contributed by atoms with Crippen LogP contribution < -0.4 is 15.4 Å². The predicted molar refractivity (Wildman–Crippen MR) is 104 cm³/mol. The van der Waals surface area contributed by atoms with E-state index in [1.165, 1.54) is 6.07 Å². The van der Waals surface area contributed by atoms with Crippen LogP contribution in [0.5, 0.6) is 0 Å². The second-order valence-corrected chi connectivity index (χ2v) is 7.27. The quantitative estimate of drug-likeness (QED) is 0.861. The van der Waals surface area contributed by atoms with Crippen LogP contribution in [0.1, 0.15) is 18.3 Å². The summed E-state index contributed by atoms with van der Waals surface area (Å²) in [6, 6.07) is 9.28. The number of hydrogen-bond acceptors (Lipinski definition) is 5. The summed E-state index contributed by atoms with van der Waals surface area (Å²) < 4.78 is 18.3. The van der Waals surface area contributed by atoms with Gasteiger partial charge in [0.05, 0.1) is 13.0 Å². The van der Waals surface area contributed by atoms with E-state index in [9.17, 15) is 14.0 Å². The van der Waals surface area contributed by atoms with Crippen LogP contribution in [0.15, 0.2) is 35.1 Å². The molecule has 1 aromatic carbocycles. The fourth-order valence-electron chi connectivity index (χ4n) is 3.93. The van der Waals surface area contributed by atoms with Crippen molar-refractivity contribution in [1.82, 2.24) is 9.97 Å². The average molecular weight is 386 g/mol. The van der Waals surface area contributed by atoms with E-state index in [1.807, 2.05) is 36.1 Å². The molecule has 0 spiro atoms. The van der Waals surface area contributed by atoms with E-state index in [2.05, 4.69) is 9.97 Å². The second-order valence-electron chi connectivity index (χ2n) is 7.27. The first-order valence-electron chi connectivity index (χ1n) is 9.48. The zero-order valence-electron chi connectivity index (χ0n) is 15.7. The molecule has 1 aromatic heterocycles. The third-order valence-electron chi connectivity index (χ3n) is 5.21. The third-order valence-corrected chi connectivity index (χ3v) is 5.21. The molecular weight excluding hydrogens is 363 g/mol. The van der Waals surface area contributed by atoms with E-state index in [0.29, 0.717) is 31.3 Å². The monoisotopic (exact) mass is 386 g/mol. The van der Waals surface area contributed by atoms with Gasteiger partial charge in [-0.1, -0.05) is 18.2 Å². The van der Waals surface area contributed by atoms with Crippen molar-refractivity contribution in [2.45, 2.75) is 31.9 Å². The van der Waals surface area contributed by atoms with E-state index in [0.717, 1.165) is 17.7 Å². The largest absolute Gasteiger partial charge is 0.372 e. The Morgan fingerprint density at radius 1 is 1.39 bits per heavy atom. The minimum absolute atomic E-state index is 0.00136. The molecule has 1 amide bonds. The molecule has 1 unspecified atom stereocenters. The molecule has 7 nitrogen and oxygen atoms in total. The number of para-hydroxylation sites is 1. The Hall–Kier alpha value is -2.74. The molecule has 148 valence electrons. The van der Waals surface area contributed by atoms with Crippen LogP contribution in [0.3, 0.4) is 0 Å². The number of rotatable bonds is 4. The molecular formula is C20H23FN4O3. The van der Waals surface area contributed by atoms with Crippen molar-refractivity contribution in [3.63, 3.8) is 0 Å². The van der Waals surface area contributed by atoms with E-state index in [-0.39, 0.29) is 23.9 Å². The SMILES string of the molecule is C[C@H]1Cc2ccccc2N1C(=O)Cc1nc(N2CCOC(CF)C2)cc(=O)[nH]1. The highest BCUT2D eigenvalue weighted by molar-refractivity contribution is 5.97. The van der Waals surface area contributed by atoms with Crippen LogP contribution in [0.2, 0.25) is 0 Å². The van der Waals surface area contributed by atoms with Gasteiger partial charge < -0.3 is 19.5 Å². The lowest BCUT2D eigenvalue weighted by Crippen LogP contribution is -2.44. The Morgan fingerprint density at radius 2 is 2.21 bits per heavy atom. The molecule has 28 heavy (non-hydrogen) atoms. The Bertz CT molecular complexity index is 932. The molecule has 0 saturated carbocycles. The fraction of sp³-hybridized carbons (Fsp3) is 0.450. The standard InChI is InChI=1S/C20H23FN4O3/c1-13-8-14-4-2-3-5-16(14)25(13)20(27)9-17-22-18(10-19(26)23-17)24-6-7-28-15(11-21)12-24/h2-5,10,13,15H,6-9,11-12H2,1H3,(H,22,23,26)/t13-,15?/m0/s1. The molecule has 3 heterocycles. The summed E-state index contributed by atoms with van der Waals surface area (Å²) in [6.07, 6.45) is 0.282. The number of morpholine rings is 1. The van der Waals surface area contributed by atoms with Gasteiger partial charge in [-0.05, 0) is 25.0 Å². The number of anilines is 2. The van der Waals surface area contributed by atoms with Crippen molar-refractivity contribution in [2.75, 3.05) is 36.2 Å². The van der Waals surface area contributed by atoms with E-state index in [4.69, 9.17) is 4.74 Å². The zero-order chi connectivity index (χ0) is 19.7. The van der Waals surface area contributed by atoms with Crippen molar-refractivity contribution in [2.24, 2.45) is 0 Å². The molecule has 1 N–H and O–H groups in total. The number of carbonyl (C=O) groups is 1. The normalized spacial score (nSPS) is 21.6. The number of H-pyrrole nitrogens is 1. The van der Waals surface area contributed by atoms with Gasteiger partial charge in [0.15, 0.2) is 0 Å². The first kappa shape index (κ1) is 18.6. The van der Waals surface area contributed by atoms with Crippen molar-refractivity contribution >= 4 is 17.4 Å². The molecule has 2 aliphatic heterocycles. The van der Waals surface area contributed by atoms with Crippen LogP contribution in [-0.4, -0.2) is 54.4 Å². The molecule has 1 fully saturated rings. The Labute approximate surface area is 162 Å². The van der Waals surface area contributed by atoms with Crippen LogP contribution in [0, 0.1) is 0 Å². The molecule has 0 bridgehead atoms. The van der Waals surface area contributed by atoms with Crippen LogP contribution >= 0.6 is 0 Å². The fourth-order valence-corrected chi connectivity index (χ4v) is 3.93. The van der Waals surface area contributed by atoms with Gasteiger partial charge in [-0.25, -0.2) is 9.37 Å². The molecule has 8 heteroatoms. The van der Waals surface area contributed by atoms with Gasteiger partial charge in [-0.2, -0.15) is 0 Å². The zero-order valence-corrected chi connectivity index (χ0v) is 15.7. The summed E-state index contributed by atoms with van der Waals surface area (Å²) in [5.74, 6) is 0.650. The number of aromatic amines is 1. The van der Waals surface area contributed by atoms with Gasteiger partial charge in [-0.3, -0.25) is 9.59 Å². The van der Waals surface area contributed by atoms with Crippen molar-refractivity contribution in [1.29, 1.82) is 0 Å². The number of amides is 1. The number of alkyl halides is 1. The third kappa shape index (κ3) is 3.64. The lowest BCUT2D eigenvalue weighted by molar-refractivity contribution is -0.118. The van der Waals surface area contributed by atoms with Crippen molar-refractivity contribution < 1.29 is 13.9 Å². The molecule has 2 aliphatic rings. The number of nitrogens with one attached hydrogen (secondary N) is 1. The lowest BCUT2D eigenvalue weighted by Gasteiger charge is -2.32. The van der Waals surface area contributed by atoms with Gasteiger partial charge in [0.1, 0.15) is 24.4 Å². The number of benzene rings is 1. The lowest BCUT2D eigenvalue weighted by atomic mass is 10.1. The number of aromatic nitrogens is 2. The maximum atomic E-state index is 13.0. The Balaban J connectivity index is 1.55. The average Bonchev–Trinajstić information content (AvgIpc) is 3.03. The molecule has 0 aliphatic carbocycles. The predicted octanol–water partition coefficient (Wildman–Crippen LogP) is 1.46. The Kier molecular flexibility index (Phi) is 5.13. The van der Waals surface area contributed by atoms with E-state index in [1.54, 1.807) is 4.90 Å². The maximum Gasteiger partial charge on any atom is 0.252 e. The number of hydrogen-bond donors (Lipinski definition) is 1. The smallest absolute Gasteiger partial charge is 0.252 e. The highest BCUT2D eigenvalue weighted by atomic mass is 19.1. The summed E-state index contributed by atoms with van der Waals surface area (Å²) in [6.45, 7) is 2.65. The summed E-state index contributed by atoms with van der Waals surface area (Å²) >= 11 is 0. The summed E-state index contributed by atoms with van der Waals surface area (Å²) in [4.78, 5) is 35.8. The summed E-state index contributed by atoms with van der Waals surface area (Å²) in [5.41, 5.74) is 1.73. The molecule has 0 radical (unpaired) electrons. The van der Waals surface area contributed by atoms with Crippen molar-refractivity contribution in [3.05, 3.63) is 52.1 Å². The van der Waals surface area contributed by atoms with Crippen LogP contribution in [0.25, 0.3) is 0 Å². The van der Waals surface area contributed by atoms with Crippen molar-refractivity contribution in [3.8, 4) is 0 Å².